The van der Waals surface area contributed by atoms with E-state index in [-0.39, 0.29) is 10.8 Å². The summed E-state index contributed by atoms with van der Waals surface area (Å²) in [5, 5.41) is 3.51. The molecule has 0 radical (unpaired) electrons. The molecule has 0 amide bonds. The molecule has 1 N–H and O–H groups in total. The van der Waals surface area contributed by atoms with Crippen molar-refractivity contribution in [3.63, 3.8) is 0 Å². The van der Waals surface area contributed by atoms with Gasteiger partial charge in [-0.2, -0.15) is 0 Å². The number of rotatable bonds is 4. The Kier molecular flexibility index (Phi) is 4.95. The van der Waals surface area contributed by atoms with E-state index in [4.69, 9.17) is 11.6 Å². The molecule has 1 fully saturated rings. The molecule has 0 aromatic heterocycles. The predicted molar refractivity (Wildman–Crippen MR) is 84.9 cm³/mol. The number of hydrogen-bond donors (Lipinski definition) is 1. The molecule has 1 aliphatic rings. The van der Waals surface area contributed by atoms with Crippen LogP contribution in [0.3, 0.4) is 0 Å². The minimum Gasteiger partial charge on any atom is -0.380 e. The molecule has 0 saturated heterocycles. The van der Waals surface area contributed by atoms with Crippen molar-refractivity contribution >= 4 is 17.3 Å². The van der Waals surface area contributed by atoms with Crippen molar-refractivity contribution < 1.29 is 4.39 Å². The van der Waals surface area contributed by atoms with E-state index in [0.717, 1.165) is 18.8 Å². The Hall–Kier alpha value is -0.760. The summed E-state index contributed by atoms with van der Waals surface area (Å²) in [6, 6.07) is 5.51. The van der Waals surface area contributed by atoms with Gasteiger partial charge in [0.1, 0.15) is 0 Å². The molecule has 20 heavy (non-hydrogen) atoms. The molecule has 1 nitrogen and oxygen atoms in total. The second-order valence-electron chi connectivity index (χ2n) is 6.64. The Balaban J connectivity index is 1.93. The molecule has 3 heteroatoms. The van der Waals surface area contributed by atoms with E-state index in [0.29, 0.717) is 17.1 Å². The Morgan fingerprint density at radius 3 is 2.50 bits per heavy atom. The monoisotopic (exact) mass is 297 g/mol. The normalized spacial score (nSPS) is 23.6. The fourth-order valence-electron chi connectivity index (χ4n) is 3.14. The molecule has 0 unspecified atom stereocenters. The zero-order valence-corrected chi connectivity index (χ0v) is 13.4. The average Bonchev–Trinajstić information content (AvgIpc) is 2.44. The topological polar surface area (TPSA) is 12.0 Å². The summed E-state index contributed by atoms with van der Waals surface area (Å²) >= 11 is 5.82. The summed E-state index contributed by atoms with van der Waals surface area (Å²) in [7, 11) is 0. The molecule has 1 aromatic rings. The summed E-state index contributed by atoms with van der Waals surface area (Å²) in [4.78, 5) is 0. The van der Waals surface area contributed by atoms with E-state index in [1.54, 1.807) is 18.2 Å². The van der Waals surface area contributed by atoms with E-state index in [2.05, 4.69) is 26.1 Å². The number of nitrogens with one attached hydrogen (secondary N) is 1. The van der Waals surface area contributed by atoms with Crippen LogP contribution in [-0.4, -0.2) is 6.04 Å². The van der Waals surface area contributed by atoms with E-state index < -0.39 is 0 Å². The third-order valence-electron chi connectivity index (χ3n) is 5.05. The van der Waals surface area contributed by atoms with Gasteiger partial charge >= 0.3 is 0 Å². The van der Waals surface area contributed by atoms with Crippen molar-refractivity contribution in [2.24, 2.45) is 11.3 Å². The second-order valence-corrected chi connectivity index (χ2v) is 7.04. The van der Waals surface area contributed by atoms with Crippen LogP contribution in [0.5, 0.6) is 0 Å². The van der Waals surface area contributed by atoms with Crippen molar-refractivity contribution in [2.75, 3.05) is 5.32 Å². The fourth-order valence-corrected chi connectivity index (χ4v) is 3.32. The minimum absolute atomic E-state index is 0.191. The number of anilines is 1. The van der Waals surface area contributed by atoms with Gasteiger partial charge in [0.15, 0.2) is 5.82 Å². The van der Waals surface area contributed by atoms with Crippen molar-refractivity contribution in [2.45, 2.75) is 58.9 Å². The molecule has 0 aliphatic heterocycles. The maximum absolute atomic E-state index is 13.9. The lowest BCUT2D eigenvalue weighted by atomic mass is 9.69. The zero-order chi connectivity index (χ0) is 14.8. The quantitative estimate of drug-likeness (QED) is 0.731. The van der Waals surface area contributed by atoms with Crippen LogP contribution in [0, 0.1) is 17.2 Å². The van der Waals surface area contributed by atoms with Crippen molar-refractivity contribution in [1.29, 1.82) is 0 Å². The Labute approximate surface area is 126 Å². The first-order valence-electron chi connectivity index (χ1n) is 7.64. The van der Waals surface area contributed by atoms with Crippen LogP contribution >= 0.6 is 11.6 Å². The summed E-state index contributed by atoms with van der Waals surface area (Å²) in [6.45, 7) is 7.00. The lowest BCUT2D eigenvalue weighted by Crippen LogP contribution is -2.32. The maximum atomic E-state index is 13.9. The van der Waals surface area contributed by atoms with Crippen molar-refractivity contribution in [3.8, 4) is 0 Å². The molecule has 1 aromatic carbocycles. The largest absolute Gasteiger partial charge is 0.380 e. The second kappa shape index (κ2) is 6.34. The number of halogens is 2. The highest BCUT2D eigenvalue weighted by molar-refractivity contribution is 6.31. The average molecular weight is 298 g/mol. The van der Waals surface area contributed by atoms with Crippen LogP contribution in [-0.2, 0) is 0 Å². The standard InChI is InChI=1S/C17H25ClFN/c1-4-17(2,3)12-8-10-13(11-9-12)20-15-7-5-6-14(18)16(15)19/h5-7,12-13,20H,4,8-11H2,1-3H3. The third kappa shape index (κ3) is 3.46. The third-order valence-corrected chi connectivity index (χ3v) is 5.35. The Bertz CT molecular complexity index is 450. The van der Waals surface area contributed by atoms with Gasteiger partial charge in [-0.25, -0.2) is 4.39 Å². The molecule has 2 rings (SSSR count). The van der Waals surface area contributed by atoms with Gasteiger partial charge in [0.25, 0.3) is 0 Å². The van der Waals surface area contributed by atoms with Gasteiger partial charge in [0.05, 0.1) is 10.7 Å². The summed E-state index contributed by atoms with van der Waals surface area (Å²) in [5.74, 6) is 0.458. The Morgan fingerprint density at radius 1 is 1.25 bits per heavy atom. The van der Waals surface area contributed by atoms with Crippen LogP contribution in [0.4, 0.5) is 10.1 Å². The predicted octanol–water partition coefficient (Wildman–Crippen LogP) is 5.89. The van der Waals surface area contributed by atoms with E-state index in [9.17, 15) is 4.39 Å². The number of hydrogen-bond acceptors (Lipinski definition) is 1. The molecule has 0 bridgehead atoms. The van der Waals surface area contributed by atoms with Gasteiger partial charge < -0.3 is 5.32 Å². The molecular formula is C17H25ClFN. The molecular weight excluding hydrogens is 273 g/mol. The van der Waals surface area contributed by atoms with Gasteiger partial charge in [-0.1, -0.05) is 44.9 Å². The van der Waals surface area contributed by atoms with Crippen LogP contribution in [0.2, 0.25) is 5.02 Å². The molecule has 112 valence electrons. The summed E-state index contributed by atoms with van der Waals surface area (Å²) < 4.78 is 13.9. The highest BCUT2D eigenvalue weighted by Gasteiger charge is 2.31. The molecule has 1 aliphatic carbocycles. The van der Waals surface area contributed by atoms with Crippen molar-refractivity contribution in [3.05, 3.63) is 29.0 Å². The van der Waals surface area contributed by atoms with Gasteiger partial charge in [-0.3, -0.25) is 0 Å². The van der Waals surface area contributed by atoms with Gasteiger partial charge in [0, 0.05) is 6.04 Å². The van der Waals surface area contributed by atoms with E-state index in [1.807, 2.05) is 0 Å². The first-order chi connectivity index (χ1) is 9.44. The molecule has 0 spiro atoms. The van der Waals surface area contributed by atoms with Crippen LogP contribution in [0.15, 0.2) is 18.2 Å². The summed E-state index contributed by atoms with van der Waals surface area (Å²) in [5.41, 5.74) is 0.961. The first kappa shape index (κ1) is 15.6. The molecule has 0 heterocycles. The van der Waals surface area contributed by atoms with Gasteiger partial charge in [-0.05, 0) is 49.1 Å². The van der Waals surface area contributed by atoms with E-state index >= 15 is 0 Å². The van der Waals surface area contributed by atoms with Crippen molar-refractivity contribution in [1.82, 2.24) is 0 Å². The SMILES string of the molecule is CCC(C)(C)C1CCC(Nc2cccc(Cl)c2F)CC1. The van der Waals surface area contributed by atoms with E-state index in [1.165, 1.54) is 19.3 Å². The summed E-state index contributed by atoms with van der Waals surface area (Å²) in [6.07, 6.45) is 5.89. The zero-order valence-electron chi connectivity index (χ0n) is 12.7. The lowest BCUT2D eigenvalue weighted by Gasteiger charge is -2.39. The van der Waals surface area contributed by atoms with Gasteiger partial charge in [0.2, 0.25) is 0 Å². The lowest BCUT2D eigenvalue weighted by molar-refractivity contribution is 0.147. The Morgan fingerprint density at radius 2 is 1.90 bits per heavy atom. The molecule has 1 saturated carbocycles. The minimum atomic E-state index is -0.329. The molecule has 0 atom stereocenters. The van der Waals surface area contributed by atoms with Crippen LogP contribution in [0.25, 0.3) is 0 Å². The smallest absolute Gasteiger partial charge is 0.164 e. The van der Waals surface area contributed by atoms with Gasteiger partial charge in [-0.15, -0.1) is 0 Å². The number of benzene rings is 1. The fraction of sp³-hybridized carbons (Fsp3) is 0.647. The van der Waals surface area contributed by atoms with Crippen LogP contribution in [0.1, 0.15) is 52.9 Å². The highest BCUT2D eigenvalue weighted by atomic mass is 35.5. The first-order valence-corrected chi connectivity index (χ1v) is 8.02. The highest BCUT2D eigenvalue weighted by Crippen LogP contribution is 2.41. The van der Waals surface area contributed by atoms with Crippen LogP contribution < -0.4 is 5.32 Å². The maximum Gasteiger partial charge on any atom is 0.164 e.